The summed E-state index contributed by atoms with van der Waals surface area (Å²) in [6, 6.07) is 0. The smallest absolute Gasteiger partial charge is 0.907 e. The van der Waals surface area contributed by atoms with Gasteiger partial charge in [-0.15, -0.1) is 0 Å². The normalized spacial score (nSPS) is 3.00. The van der Waals surface area contributed by atoms with Crippen LogP contribution in [0.4, 0.5) is 0 Å². The zero-order valence-electron chi connectivity index (χ0n) is 23.2. The first-order chi connectivity index (χ1) is 6.93. The van der Waals surface area contributed by atoms with Crippen molar-refractivity contribution in [3.05, 3.63) is 0 Å². The van der Waals surface area contributed by atoms with Crippen LogP contribution in [-0.4, -0.2) is 73.1 Å². The SMILES string of the molecule is O.O.O.O.O.O.O.O.[K+].[K+].[K+].[K+].[K+].[K+].[K+].[K+].[K+].[K+].[K+].[K+].[O-]B([O-])[O-].[O-]B([O-])[O-].[O-]B([O-])[O-].[O-]B([O-])[O-]. The van der Waals surface area contributed by atoms with Crippen molar-refractivity contribution in [3.63, 3.8) is 0 Å². The van der Waals surface area contributed by atoms with Crippen molar-refractivity contribution in [2.45, 2.75) is 0 Å². The van der Waals surface area contributed by atoms with E-state index in [9.17, 15) is 0 Å². The molecule has 0 aromatic carbocycles. The number of hydrogen-bond donors (Lipinski definition) is 0. The zero-order valence-corrected chi connectivity index (χ0v) is 60.7. The third kappa shape index (κ3) is 395. The van der Waals surface area contributed by atoms with Gasteiger partial charge >= 0.3 is 617 Å². The van der Waals surface area contributed by atoms with Crippen molar-refractivity contribution < 1.29 is 721 Å². The van der Waals surface area contributed by atoms with Crippen LogP contribution in [0.5, 0.6) is 0 Å². The second kappa shape index (κ2) is 158. The Morgan fingerprint density at radius 2 is 0.167 bits per heavy atom. The van der Waals surface area contributed by atoms with Gasteiger partial charge in [0, 0.05) is 0 Å². The summed E-state index contributed by atoms with van der Waals surface area (Å²) in [7, 11) is -11.7. The monoisotopic (exact) mass is 848 g/mol. The molecule has 0 fully saturated rings. The number of hydrogen-bond acceptors (Lipinski definition) is 12. The molecule has 0 unspecified atom stereocenters. The fourth-order valence-corrected chi connectivity index (χ4v) is 0. The molecule has 20 nitrogen and oxygen atoms in total. The first-order valence-electron chi connectivity index (χ1n) is 2.83. The fourth-order valence-electron chi connectivity index (χ4n) is 0. The van der Waals surface area contributed by atoms with E-state index in [4.69, 9.17) is 60.3 Å². The predicted octanol–water partition coefficient (Wildman–Crippen LogP) is -58.3. The molecule has 0 bridgehead atoms. The van der Waals surface area contributed by atoms with Crippen LogP contribution in [0.3, 0.4) is 0 Å². The molecule has 0 aromatic heterocycles. The maximum atomic E-state index is 8.42. The standard InChI is InChI=1S/4BO3.12K.8H2O/c4*2-1(3)4;;;;;;;;;;;;;;;;;;;;/h;;;;;;;;;;;;;;;;8*1H2/q4*-3;12*+1;;;;;;;;. The van der Waals surface area contributed by atoms with E-state index in [1.54, 1.807) is 0 Å². The van der Waals surface area contributed by atoms with E-state index >= 15 is 0 Å². The van der Waals surface area contributed by atoms with Gasteiger partial charge in [0.1, 0.15) is 0 Å². The minimum Gasteiger partial charge on any atom is -0.907 e. The summed E-state index contributed by atoms with van der Waals surface area (Å²) in [6.07, 6.45) is 0. The van der Waals surface area contributed by atoms with Crippen LogP contribution < -0.4 is 677 Å². The topological polar surface area (TPSA) is 529 Å². The van der Waals surface area contributed by atoms with Gasteiger partial charge in [-0.3, -0.25) is 29.3 Å². The van der Waals surface area contributed by atoms with Gasteiger partial charge in [0.15, 0.2) is 0 Å². The summed E-state index contributed by atoms with van der Waals surface area (Å²) >= 11 is 0. The maximum absolute atomic E-state index is 8.42. The number of rotatable bonds is 0. The Labute approximate surface area is 722 Å². The average molecular weight is 849 g/mol. The Kier molecular flexibility index (Phi) is 730. The molecule has 0 aliphatic heterocycles. The molecule has 0 atom stereocenters. The van der Waals surface area contributed by atoms with Crippen LogP contribution >= 0.6 is 0 Å². The van der Waals surface area contributed by atoms with Crippen LogP contribution in [0, 0.1) is 0 Å². The van der Waals surface area contributed by atoms with Gasteiger partial charge in [-0.05, 0) is 0 Å². The fraction of sp³-hybridized carbons (Fsp3) is 0. The molecule has 0 rings (SSSR count). The first kappa shape index (κ1) is 167. The molecule has 0 heterocycles. The van der Waals surface area contributed by atoms with Crippen molar-refractivity contribution in [1.29, 1.82) is 0 Å². The summed E-state index contributed by atoms with van der Waals surface area (Å²) in [5, 5.41) is 101. The first-order valence-corrected chi connectivity index (χ1v) is 2.83. The van der Waals surface area contributed by atoms with Crippen LogP contribution in [0.2, 0.25) is 0 Å². The molecular weight excluding hydrogens is 832 g/mol. The van der Waals surface area contributed by atoms with Crippen LogP contribution in [0.15, 0.2) is 0 Å². The molecule has 16 N–H and O–H groups in total. The maximum Gasteiger partial charge on any atom is 1.00 e. The van der Waals surface area contributed by atoms with E-state index in [2.05, 4.69) is 0 Å². The summed E-state index contributed by atoms with van der Waals surface area (Å²) < 4.78 is 0. The van der Waals surface area contributed by atoms with Gasteiger partial charge in [0.25, 0.3) is 0 Å². The van der Waals surface area contributed by atoms with E-state index in [1.165, 1.54) is 0 Å². The molecule has 36 heteroatoms. The van der Waals surface area contributed by atoms with Crippen LogP contribution in [0.25, 0.3) is 0 Å². The third-order valence-corrected chi connectivity index (χ3v) is 0. The second-order valence-corrected chi connectivity index (χ2v) is 1.15. The predicted molar refractivity (Wildman–Crippen MR) is 51.9 cm³/mol. The van der Waals surface area contributed by atoms with Crippen molar-refractivity contribution >= 4 is 29.3 Å². The van der Waals surface area contributed by atoms with E-state index in [0.29, 0.717) is 0 Å². The Morgan fingerprint density at radius 3 is 0.167 bits per heavy atom. The van der Waals surface area contributed by atoms with Crippen LogP contribution in [-0.2, 0) is 0 Å². The van der Waals surface area contributed by atoms with E-state index in [0.717, 1.165) is 0 Å². The largest absolute Gasteiger partial charge is 1.00 e. The van der Waals surface area contributed by atoms with Gasteiger partial charge in [0.2, 0.25) is 0 Å². The van der Waals surface area contributed by atoms with Gasteiger partial charge in [-0.1, -0.05) is 0 Å². The van der Waals surface area contributed by atoms with Gasteiger partial charge in [-0.25, -0.2) is 0 Å². The molecule has 0 radical (unpaired) electrons. The van der Waals surface area contributed by atoms with Gasteiger partial charge in [0.05, 0.1) is 0 Å². The molecule has 160 valence electrons. The third-order valence-electron chi connectivity index (χ3n) is 0. The molecule has 0 saturated heterocycles. The Bertz CT molecular complexity index is 91.7. The summed E-state index contributed by atoms with van der Waals surface area (Å²) in [5.41, 5.74) is 0. The molecule has 0 aromatic rings. The Morgan fingerprint density at radius 1 is 0.167 bits per heavy atom. The summed E-state index contributed by atoms with van der Waals surface area (Å²) in [5.74, 6) is 0. The summed E-state index contributed by atoms with van der Waals surface area (Å²) in [4.78, 5) is 0. The average Bonchev–Trinajstić information content (AvgIpc) is 1.76. The molecule has 36 heavy (non-hydrogen) atoms. The summed E-state index contributed by atoms with van der Waals surface area (Å²) in [6.45, 7) is 0. The Hall–Kier alpha value is 19.1. The van der Waals surface area contributed by atoms with Crippen molar-refractivity contribution in [1.82, 2.24) is 0 Å². The van der Waals surface area contributed by atoms with Gasteiger partial charge < -0.3 is 104 Å². The van der Waals surface area contributed by atoms with Crippen LogP contribution in [0.1, 0.15) is 0 Å². The molecule has 0 amide bonds. The molecule has 0 aliphatic carbocycles. The Balaban J connectivity index is -0.00000000205. The minimum absolute atomic E-state index is 0. The quantitative estimate of drug-likeness (QED) is 0.205. The van der Waals surface area contributed by atoms with Crippen molar-refractivity contribution in [2.24, 2.45) is 0 Å². The second-order valence-electron chi connectivity index (χ2n) is 1.15. The van der Waals surface area contributed by atoms with E-state index in [-0.39, 0.29) is 660 Å². The minimum atomic E-state index is -2.92. The molecule has 0 spiro atoms. The van der Waals surface area contributed by atoms with Crippen molar-refractivity contribution in [3.8, 4) is 0 Å². The molecule has 0 aliphatic rings. The van der Waals surface area contributed by atoms with Gasteiger partial charge in [-0.2, -0.15) is 0 Å². The van der Waals surface area contributed by atoms with E-state index in [1.807, 2.05) is 0 Å². The molecule has 0 saturated carbocycles. The van der Waals surface area contributed by atoms with Crippen molar-refractivity contribution in [2.75, 3.05) is 0 Å². The zero-order chi connectivity index (χ0) is 14.3. The van der Waals surface area contributed by atoms with E-state index < -0.39 is 29.3 Å². The molecular formula is H16B4K12O20.